The number of hydrogen-bond donors (Lipinski definition) is 2. The summed E-state index contributed by atoms with van der Waals surface area (Å²) in [6.07, 6.45) is 0. The molecule has 1 aromatic heterocycles. The van der Waals surface area contributed by atoms with E-state index in [0.717, 1.165) is 0 Å². The number of anilines is 2. The molecule has 2 N–H and O–H groups in total. The van der Waals surface area contributed by atoms with E-state index in [1.54, 1.807) is 65.8 Å². The van der Waals surface area contributed by atoms with Crippen molar-refractivity contribution < 1.29 is 18.4 Å². The Morgan fingerprint density at radius 2 is 1.44 bits per heavy atom. The number of hydrogen-bond acceptors (Lipinski definition) is 4. The van der Waals surface area contributed by atoms with Crippen LogP contribution in [-0.2, 0) is 9.59 Å². The van der Waals surface area contributed by atoms with Crippen LogP contribution in [0.25, 0.3) is 22.3 Å². The highest BCUT2D eigenvalue weighted by molar-refractivity contribution is 6.02. The zero-order valence-corrected chi connectivity index (χ0v) is 19.1. The van der Waals surface area contributed by atoms with Gasteiger partial charge in [-0.3, -0.25) is 14.4 Å². The van der Waals surface area contributed by atoms with Crippen LogP contribution in [0.3, 0.4) is 0 Å². The van der Waals surface area contributed by atoms with Crippen LogP contribution in [0.4, 0.5) is 15.8 Å². The van der Waals surface area contributed by atoms with Gasteiger partial charge in [-0.05, 0) is 30.3 Å². The minimum atomic E-state index is -0.670. The molecule has 0 spiro atoms. The Bertz CT molecular complexity index is 1260. The van der Waals surface area contributed by atoms with Gasteiger partial charge in [-0.15, -0.1) is 0 Å². The molecule has 1 heterocycles. The van der Waals surface area contributed by atoms with Crippen molar-refractivity contribution in [3.8, 4) is 11.3 Å². The Morgan fingerprint density at radius 1 is 0.844 bits per heavy atom. The van der Waals surface area contributed by atoms with E-state index >= 15 is 0 Å². The summed E-state index contributed by atoms with van der Waals surface area (Å²) in [6.45, 7) is 10.5. The summed E-state index contributed by atoms with van der Waals surface area (Å²) in [7, 11) is 0. The minimum absolute atomic E-state index is 0.0454. The molecular weight excluding hydrogens is 411 g/mol. The summed E-state index contributed by atoms with van der Waals surface area (Å²) in [4.78, 5) is 37.4. The number of fused-ring (bicyclic) bond motifs is 1. The average molecular weight is 438 g/mol. The predicted molar refractivity (Wildman–Crippen MR) is 124 cm³/mol. The second kappa shape index (κ2) is 8.22. The van der Waals surface area contributed by atoms with Crippen LogP contribution < -0.4 is 16.1 Å². The smallest absolute Gasteiger partial charge is 0.229 e. The Labute approximate surface area is 185 Å². The highest BCUT2D eigenvalue weighted by atomic mass is 19.1. The Morgan fingerprint density at radius 3 is 2.00 bits per heavy atom. The number of carbonyl (C=O) groups is 2. The van der Waals surface area contributed by atoms with Gasteiger partial charge in [-0.1, -0.05) is 47.6 Å². The van der Waals surface area contributed by atoms with E-state index in [1.165, 1.54) is 18.2 Å². The monoisotopic (exact) mass is 438 g/mol. The highest BCUT2D eigenvalue weighted by Gasteiger charge is 2.24. The molecule has 3 aromatic rings. The summed E-state index contributed by atoms with van der Waals surface area (Å²) < 4.78 is 20.5. The van der Waals surface area contributed by atoms with Crippen molar-refractivity contribution in [1.29, 1.82) is 0 Å². The standard InChI is InChI=1S/C25H27FN2O4/c1-24(2,3)22(30)27-16-11-10-14(12-15(16)26)20-13-18(29)21-17(8-7-9-19(21)32-20)28-23(31)25(4,5)6/h7-13H,1-6H3,(H,27,30)(H,28,31). The van der Waals surface area contributed by atoms with Gasteiger partial charge in [0.2, 0.25) is 11.8 Å². The zero-order chi connectivity index (χ0) is 23.8. The molecule has 0 aliphatic heterocycles. The average Bonchev–Trinajstić information content (AvgIpc) is 2.67. The van der Waals surface area contributed by atoms with Gasteiger partial charge in [0.1, 0.15) is 17.2 Å². The minimum Gasteiger partial charge on any atom is -0.456 e. The van der Waals surface area contributed by atoms with Crippen LogP contribution in [0.1, 0.15) is 41.5 Å². The van der Waals surface area contributed by atoms with Gasteiger partial charge in [-0.2, -0.15) is 0 Å². The molecule has 0 radical (unpaired) electrons. The highest BCUT2D eigenvalue weighted by Crippen LogP contribution is 2.29. The predicted octanol–water partition coefficient (Wildman–Crippen LogP) is 5.57. The van der Waals surface area contributed by atoms with Crippen LogP contribution in [0, 0.1) is 16.6 Å². The van der Waals surface area contributed by atoms with Crippen LogP contribution in [-0.4, -0.2) is 11.8 Å². The molecule has 0 bridgehead atoms. The molecule has 7 heteroatoms. The van der Waals surface area contributed by atoms with Gasteiger partial charge in [0, 0.05) is 22.5 Å². The van der Waals surface area contributed by atoms with E-state index in [0.29, 0.717) is 11.3 Å². The first kappa shape index (κ1) is 23.2. The van der Waals surface area contributed by atoms with Crippen LogP contribution in [0.5, 0.6) is 0 Å². The van der Waals surface area contributed by atoms with Gasteiger partial charge in [0.15, 0.2) is 5.43 Å². The Balaban J connectivity index is 1.99. The van der Waals surface area contributed by atoms with E-state index in [4.69, 9.17) is 4.42 Å². The molecule has 32 heavy (non-hydrogen) atoms. The lowest BCUT2D eigenvalue weighted by Gasteiger charge is -2.18. The normalized spacial score (nSPS) is 12.0. The first-order valence-corrected chi connectivity index (χ1v) is 10.3. The molecule has 0 saturated carbocycles. The van der Waals surface area contributed by atoms with E-state index in [2.05, 4.69) is 10.6 Å². The summed E-state index contributed by atoms with van der Waals surface area (Å²) >= 11 is 0. The maximum absolute atomic E-state index is 14.6. The first-order chi connectivity index (χ1) is 14.8. The van der Waals surface area contributed by atoms with Crippen molar-refractivity contribution in [2.24, 2.45) is 10.8 Å². The third-order valence-corrected chi connectivity index (χ3v) is 4.87. The number of rotatable bonds is 3. The number of carbonyl (C=O) groups excluding carboxylic acids is 2. The first-order valence-electron chi connectivity index (χ1n) is 10.3. The van der Waals surface area contributed by atoms with Crippen molar-refractivity contribution >= 4 is 34.2 Å². The van der Waals surface area contributed by atoms with Gasteiger partial charge < -0.3 is 15.1 Å². The van der Waals surface area contributed by atoms with Crippen molar-refractivity contribution in [2.75, 3.05) is 10.6 Å². The fourth-order valence-electron chi connectivity index (χ4n) is 2.85. The molecule has 2 aromatic carbocycles. The number of halogens is 1. The van der Waals surface area contributed by atoms with E-state index in [9.17, 15) is 18.8 Å². The Hall–Kier alpha value is -3.48. The zero-order valence-electron chi connectivity index (χ0n) is 19.1. The summed E-state index contributed by atoms with van der Waals surface area (Å²) in [6, 6.07) is 10.4. The fraction of sp³-hybridized carbons (Fsp3) is 0.320. The Kier molecular flexibility index (Phi) is 5.96. The third kappa shape index (κ3) is 4.88. The molecule has 2 amide bonds. The van der Waals surface area contributed by atoms with Crippen LogP contribution >= 0.6 is 0 Å². The lowest BCUT2D eigenvalue weighted by molar-refractivity contribution is -0.123. The second-order valence-corrected chi connectivity index (χ2v) is 9.76. The summed E-state index contributed by atoms with van der Waals surface area (Å²) in [5.74, 6) is -1.02. The molecule has 0 fully saturated rings. The molecule has 6 nitrogen and oxygen atoms in total. The van der Waals surface area contributed by atoms with Crippen LogP contribution in [0.2, 0.25) is 0 Å². The molecule has 0 unspecified atom stereocenters. The maximum atomic E-state index is 14.6. The van der Waals surface area contributed by atoms with Gasteiger partial charge >= 0.3 is 0 Å². The molecule has 0 saturated heterocycles. The van der Waals surface area contributed by atoms with Crippen molar-refractivity contribution in [2.45, 2.75) is 41.5 Å². The molecule has 0 atom stereocenters. The molecule has 0 aliphatic carbocycles. The topological polar surface area (TPSA) is 88.4 Å². The summed E-state index contributed by atoms with van der Waals surface area (Å²) in [5.41, 5.74) is -0.654. The maximum Gasteiger partial charge on any atom is 0.229 e. The van der Waals surface area contributed by atoms with Crippen molar-refractivity contribution in [3.05, 3.63) is 58.5 Å². The molecule has 3 rings (SSSR count). The van der Waals surface area contributed by atoms with E-state index in [1.807, 2.05) is 0 Å². The van der Waals surface area contributed by atoms with Gasteiger partial charge in [-0.25, -0.2) is 4.39 Å². The van der Waals surface area contributed by atoms with Crippen molar-refractivity contribution in [3.63, 3.8) is 0 Å². The lowest BCUT2D eigenvalue weighted by atomic mass is 9.95. The van der Waals surface area contributed by atoms with Crippen molar-refractivity contribution in [1.82, 2.24) is 0 Å². The fourth-order valence-corrected chi connectivity index (χ4v) is 2.85. The van der Waals surface area contributed by atoms with Gasteiger partial charge in [0.05, 0.1) is 16.8 Å². The SMILES string of the molecule is CC(C)(C)C(=O)Nc1ccc(-c2cc(=O)c3c(NC(=O)C(C)(C)C)cccc3o2)cc1F. The summed E-state index contributed by atoms with van der Waals surface area (Å²) in [5, 5.41) is 5.57. The molecule has 0 aliphatic rings. The number of amides is 2. The van der Waals surface area contributed by atoms with E-state index < -0.39 is 16.6 Å². The second-order valence-electron chi connectivity index (χ2n) is 9.76. The molecular formula is C25H27FN2O4. The quantitative estimate of drug-likeness (QED) is 0.560. The van der Waals surface area contributed by atoms with Crippen LogP contribution in [0.15, 0.2) is 51.7 Å². The van der Waals surface area contributed by atoms with Gasteiger partial charge in [0.25, 0.3) is 0 Å². The number of benzene rings is 2. The molecule has 168 valence electrons. The third-order valence-electron chi connectivity index (χ3n) is 4.87. The lowest BCUT2D eigenvalue weighted by Crippen LogP contribution is -2.28. The number of nitrogens with one attached hydrogen (secondary N) is 2. The largest absolute Gasteiger partial charge is 0.456 e. The van der Waals surface area contributed by atoms with E-state index in [-0.39, 0.29) is 39.7 Å².